The Morgan fingerprint density at radius 1 is 0.906 bits per heavy atom. The minimum absolute atomic E-state index is 0.200. The zero-order valence-electron chi connectivity index (χ0n) is 18.2. The highest BCUT2D eigenvalue weighted by atomic mass is 16.5. The molecule has 0 atom stereocenters. The lowest BCUT2D eigenvalue weighted by atomic mass is 10.1. The minimum atomic E-state index is -0.200. The molecule has 164 valence electrons. The maximum atomic E-state index is 12.7. The number of fused-ring (bicyclic) bond motifs is 1. The predicted molar refractivity (Wildman–Crippen MR) is 120 cm³/mol. The lowest BCUT2D eigenvalue weighted by molar-refractivity contribution is 0.0951. The molecule has 4 aromatic rings. The normalized spacial score (nSPS) is 10.7. The van der Waals surface area contributed by atoms with E-state index in [0.29, 0.717) is 35.7 Å². The molecule has 0 aliphatic carbocycles. The zero-order chi connectivity index (χ0) is 22.5. The monoisotopic (exact) mass is 432 g/mol. The van der Waals surface area contributed by atoms with Crippen LogP contribution >= 0.6 is 0 Å². The maximum Gasteiger partial charge on any atom is 0.251 e. The van der Waals surface area contributed by atoms with Gasteiger partial charge in [0.25, 0.3) is 5.91 Å². The Balaban J connectivity index is 1.46. The molecule has 0 fully saturated rings. The highest BCUT2D eigenvalue weighted by molar-refractivity contribution is 5.97. The largest absolute Gasteiger partial charge is 0.497 e. The van der Waals surface area contributed by atoms with Crippen molar-refractivity contribution in [2.75, 3.05) is 21.3 Å². The number of hydrogen-bond acceptors (Lipinski definition) is 6. The molecule has 32 heavy (non-hydrogen) atoms. The second-order valence-electron chi connectivity index (χ2n) is 7.16. The van der Waals surface area contributed by atoms with Gasteiger partial charge in [-0.3, -0.25) is 4.79 Å². The summed E-state index contributed by atoms with van der Waals surface area (Å²) in [4.78, 5) is 12.7. The number of aromatic nitrogens is 3. The Morgan fingerprint density at radius 2 is 1.66 bits per heavy atom. The lowest BCUT2D eigenvalue weighted by Crippen LogP contribution is -2.23. The van der Waals surface area contributed by atoms with Crippen molar-refractivity contribution in [3.63, 3.8) is 0 Å². The van der Waals surface area contributed by atoms with E-state index in [9.17, 15) is 4.79 Å². The fourth-order valence-electron chi connectivity index (χ4n) is 3.41. The average molecular weight is 432 g/mol. The molecule has 8 nitrogen and oxygen atoms in total. The topological polar surface area (TPSA) is 87.5 Å². The minimum Gasteiger partial charge on any atom is -0.497 e. The van der Waals surface area contributed by atoms with Gasteiger partial charge in [0.05, 0.1) is 33.4 Å². The van der Waals surface area contributed by atoms with Crippen molar-refractivity contribution >= 4 is 16.9 Å². The number of carbonyl (C=O) groups is 1. The molecule has 8 heteroatoms. The van der Waals surface area contributed by atoms with E-state index < -0.39 is 0 Å². The Hall–Kier alpha value is -4.07. The fourth-order valence-corrected chi connectivity index (χ4v) is 3.41. The summed E-state index contributed by atoms with van der Waals surface area (Å²) in [5.74, 6) is 1.95. The Kier molecular flexibility index (Phi) is 6.21. The first kappa shape index (κ1) is 21.2. The van der Waals surface area contributed by atoms with E-state index in [2.05, 4.69) is 15.6 Å². The van der Waals surface area contributed by atoms with Crippen LogP contribution < -0.4 is 19.5 Å². The van der Waals surface area contributed by atoms with Crippen molar-refractivity contribution in [3.05, 3.63) is 77.4 Å². The number of hydrogen-bond donors (Lipinski definition) is 1. The number of benzene rings is 3. The Morgan fingerprint density at radius 3 is 2.38 bits per heavy atom. The summed E-state index contributed by atoms with van der Waals surface area (Å²) in [5, 5.41) is 11.4. The number of amides is 1. The summed E-state index contributed by atoms with van der Waals surface area (Å²) in [6, 6.07) is 18.7. The second kappa shape index (κ2) is 9.38. The molecule has 3 aromatic carbocycles. The third kappa shape index (κ3) is 4.49. The molecule has 1 amide bonds. The molecule has 1 aromatic heterocycles. The van der Waals surface area contributed by atoms with E-state index in [1.54, 1.807) is 44.2 Å². The smallest absolute Gasteiger partial charge is 0.251 e. The van der Waals surface area contributed by atoms with Gasteiger partial charge in [0.2, 0.25) is 0 Å². The van der Waals surface area contributed by atoms with E-state index in [0.717, 1.165) is 22.4 Å². The second-order valence-corrected chi connectivity index (χ2v) is 7.16. The first-order valence-electron chi connectivity index (χ1n) is 10.1. The molecule has 0 saturated carbocycles. The van der Waals surface area contributed by atoms with E-state index in [4.69, 9.17) is 14.2 Å². The van der Waals surface area contributed by atoms with Gasteiger partial charge in [0.1, 0.15) is 22.8 Å². The van der Waals surface area contributed by atoms with Gasteiger partial charge in [0.15, 0.2) is 0 Å². The third-order valence-corrected chi connectivity index (χ3v) is 5.20. The van der Waals surface area contributed by atoms with Crippen LogP contribution in [-0.2, 0) is 13.1 Å². The molecule has 0 aliphatic rings. The molecule has 1 N–H and O–H groups in total. The molecule has 0 unspecified atom stereocenters. The number of ether oxygens (including phenoxy) is 3. The summed E-state index contributed by atoms with van der Waals surface area (Å²) in [7, 11) is 4.82. The van der Waals surface area contributed by atoms with Gasteiger partial charge in [-0.15, -0.1) is 5.10 Å². The molecule has 0 bridgehead atoms. The van der Waals surface area contributed by atoms with Crippen LogP contribution in [0.1, 0.15) is 21.5 Å². The van der Waals surface area contributed by atoms with Crippen molar-refractivity contribution in [2.24, 2.45) is 0 Å². The Labute approximate surface area is 185 Å². The number of methoxy groups -OCH3 is 3. The van der Waals surface area contributed by atoms with Gasteiger partial charge in [-0.1, -0.05) is 17.3 Å². The first-order chi connectivity index (χ1) is 15.6. The number of nitrogens with one attached hydrogen (secondary N) is 1. The van der Waals surface area contributed by atoms with Crippen molar-refractivity contribution in [1.82, 2.24) is 20.3 Å². The van der Waals surface area contributed by atoms with Crippen LogP contribution in [0.15, 0.2) is 60.7 Å². The molecular weight excluding hydrogens is 408 g/mol. The molecule has 4 rings (SSSR count). The molecule has 0 aliphatic heterocycles. The van der Waals surface area contributed by atoms with E-state index in [-0.39, 0.29) is 5.91 Å². The van der Waals surface area contributed by atoms with Crippen LogP contribution in [0.2, 0.25) is 0 Å². The molecule has 1 heterocycles. The molecule has 0 saturated heterocycles. The predicted octanol–water partition coefficient (Wildman–Crippen LogP) is 3.44. The highest BCUT2D eigenvalue weighted by Gasteiger charge is 2.12. The van der Waals surface area contributed by atoms with E-state index in [1.165, 1.54) is 0 Å². The third-order valence-electron chi connectivity index (χ3n) is 5.20. The fraction of sp³-hybridized carbons (Fsp3) is 0.208. The summed E-state index contributed by atoms with van der Waals surface area (Å²) in [6.07, 6.45) is 0. The number of nitrogens with zero attached hydrogens (tertiary/aromatic N) is 3. The zero-order valence-corrected chi connectivity index (χ0v) is 18.2. The van der Waals surface area contributed by atoms with Gasteiger partial charge in [-0.25, -0.2) is 4.68 Å². The summed E-state index contributed by atoms with van der Waals surface area (Å²) >= 11 is 0. The quantitative estimate of drug-likeness (QED) is 0.459. The van der Waals surface area contributed by atoms with Gasteiger partial charge in [-0.2, -0.15) is 0 Å². The average Bonchev–Trinajstić information content (AvgIpc) is 3.24. The van der Waals surface area contributed by atoms with Crippen LogP contribution in [0.3, 0.4) is 0 Å². The van der Waals surface area contributed by atoms with Gasteiger partial charge in [0, 0.05) is 23.7 Å². The summed E-state index contributed by atoms with van der Waals surface area (Å²) in [5.41, 5.74) is 3.96. The maximum absolute atomic E-state index is 12.7. The molecular formula is C24H24N4O4. The first-order valence-corrected chi connectivity index (χ1v) is 10.1. The van der Waals surface area contributed by atoms with Crippen LogP contribution in [0.4, 0.5) is 0 Å². The molecule has 0 radical (unpaired) electrons. The van der Waals surface area contributed by atoms with Crippen LogP contribution in [0, 0.1) is 0 Å². The van der Waals surface area contributed by atoms with Gasteiger partial charge in [-0.05, 0) is 48.0 Å². The van der Waals surface area contributed by atoms with Crippen molar-refractivity contribution in [3.8, 4) is 17.2 Å². The summed E-state index contributed by atoms with van der Waals surface area (Å²) in [6.45, 7) is 0.900. The van der Waals surface area contributed by atoms with E-state index >= 15 is 0 Å². The van der Waals surface area contributed by atoms with Crippen LogP contribution in [0.5, 0.6) is 17.2 Å². The molecule has 0 spiro atoms. The SMILES string of the molecule is COc1ccc(Cn2nnc3cc(C(=O)NCc4ccc(OC)cc4OC)ccc32)cc1. The number of rotatable bonds is 8. The van der Waals surface area contributed by atoms with Crippen molar-refractivity contribution in [1.29, 1.82) is 0 Å². The summed E-state index contributed by atoms with van der Waals surface area (Å²) < 4.78 is 17.6. The Bertz CT molecular complexity index is 1230. The van der Waals surface area contributed by atoms with Crippen molar-refractivity contribution < 1.29 is 19.0 Å². The van der Waals surface area contributed by atoms with Gasteiger partial charge < -0.3 is 19.5 Å². The van der Waals surface area contributed by atoms with Crippen LogP contribution in [-0.4, -0.2) is 42.2 Å². The highest BCUT2D eigenvalue weighted by Crippen LogP contribution is 2.24. The number of carbonyl (C=O) groups excluding carboxylic acids is 1. The lowest BCUT2D eigenvalue weighted by Gasteiger charge is -2.11. The van der Waals surface area contributed by atoms with Crippen LogP contribution in [0.25, 0.3) is 11.0 Å². The standard InChI is InChI=1S/C24H24N4O4/c1-30-19-8-4-16(5-9-19)15-28-22-11-7-17(12-21(22)26-27-28)24(29)25-14-18-6-10-20(31-2)13-23(18)32-3/h4-13H,14-15H2,1-3H3,(H,25,29). The van der Waals surface area contributed by atoms with Crippen molar-refractivity contribution in [2.45, 2.75) is 13.1 Å². The van der Waals surface area contributed by atoms with Gasteiger partial charge >= 0.3 is 0 Å². The van der Waals surface area contributed by atoms with E-state index in [1.807, 2.05) is 42.5 Å².